The summed E-state index contributed by atoms with van der Waals surface area (Å²) in [4.78, 5) is 0. The van der Waals surface area contributed by atoms with E-state index in [4.69, 9.17) is 4.74 Å². The lowest BCUT2D eigenvalue weighted by Crippen LogP contribution is -2.45. The second-order valence-corrected chi connectivity index (χ2v) is 4.01. The van der Waals surface area contributed by atoms with Gasteiger partial charge in [-0.3, -0.25) is 0 Å². The van der Waals surface area contributed by atoms with Gasteiger partial charge in [-0.1, -0.05) is 0 Å². The molecule has 2 nitrogen and oxygen atoms in total. The van der Waals surface area contributed by atoms with Crippen molar-refractivity contribution in [3.05, 3.63) is 29.6 Å². The molecule has 1 N–H and O–H groups in total. The van der Waals surface area contributed by atoms with Crippen LogP contribution in [0.15, 0.2) is 18.2 Å². The van der Waals surface area contributed by atoms with Crippen molar-refractivity contribution in [2.24, 2.45) is 5.92 Å². The third-order valence-corrected chi connectivity index (χ3v) is 2.55. The Labute approximate surface area is 95.6 Å². The van der Waals surface area contributed by atoms with E-state index in [9.17, 15) is 17.6 Å². The van der Waals surface area contributed by atoms with Crippen LogP contribution in [-0.4, -0.2) is 19.7 Å². The molecule has 0 amide bonds. The number of hydrogen-bond donors (Lipinski definition) is 1. The smallest absolute Gasteiger partial charge is 0.416 e. The maximum absolute atomic E-state index is 13.0. The minimum Gasteiger partial charge on any atom is -0.493 e. The van der Waals surface area contributed by atoms with Crippen molar-refractivity contribution in [1.82, 2.24) is 5.32 Å². The van der Waals surface area contributed by atoms with E-state index < -0.39 is 17.6 Å². The fourth-order valence-electron chi connectivity index (χ4n) is 1.49. The van der Waals surface area contributed by atoms with Crippen LogP contribution in [0.25, 0.3) is 0 Å². The second kappa shape index (κ2) is 4.52. The van der Waals surface area contributed by atoms with Gasteiger partial charge in [-0.05, 0) is 12.1 Å². The van der Waals surface area contributed by atoms with Crippen LogP contribution in [0.5, 0.6) is 5.75 Å². The molecule has 6 heteroatoms. The van der Waals surface area contributed by atoms with E-state index in [1.165, 1.54) is 0 Å². The maximum atomic E-state index is 13.0. The molecule has 17 heavy (non-hydrogen) atoms. The Morgan fingerprint density at radius 3 is 2.47 bits per heavy atom. The molecule has 0 spiro atoms. The summed E-state index contributed by atoms with van der Waals surface area (Å²) in [5, 5.41) is 3.01. The van der Waals surface area contributed by atoms with Gasteiger partial charge in [-0.2, -0.15) is 13.2 Å². The van der Waals surface area contributed by atoms with E-state index in [1.54, 1.807) is 0 Å². The number of ether oxygens (including phenoxy) is 1. The molecular weight excluding hydrogens is 238 g/mol. The van der Waals surface area contributed by atoms with Crippen molar-refractivity contribution >= 4 is 0 Å². The topological polar surface area (TPSA) is 21.3 Å². The largest absolute Gasteiger partial charge is 0.493 e. The number of hydrogen-bond acceptors (Lipinski definition) is 2. The van der Waals surface area contributed by atoms with Crippen LogP contribution in [-0.2, 0) is 6.18 Å². The molecule has 0 aromatic heterocycles. The molecule has 1 aromatic carbocycles. The number of halogens is 4. The van der Waals surface area contributed by atoms with Gasteiger partial charge in [0, 0.05) is 25.1 Å². The molecule has 0 radical (unpaired) electrons. The Kier molecular flexibility index (Phi) is 3.24. The fourth-order valence-corrected chi connectivity index (χ4v) is 1.49. The molecule has 1 heterocycles. The maximum Gasteiger partial charge on any atom is 0.416 e. The molecule has 0 bridgehead atoms. The lowest BCUT2D eigenvalue weighted by Gasteiger charge is -2.26. The van der Waals surface area contributed by atoms with E-state index in [1.807, 2.05) is 0 Å². The summed E-state index contributed by atoms with van der Waals surface area (Å²) >= 11 is 0. The Balaban J connectivity index is 2.08. The van der Waals surface area contributed by atoms with E-state index in [-0.39, 0.29) is 11.7 Å². The van der Waals surface area contributed by atoms with E-state index >= 15 is 0 Å². The van der Waals surface area contributed by atoms with Gasteiger partial charge < -0.3 is 10.1 Å². The van der Waals surface area contributed by atoms with Crippen molar-refractivity contribution in [2.45, 2.75) is 6.18 Å². The number of benzene rings is 1. The van der Waals surface area contributed by atoms with Gasteiger partial charge in [0.25, 0.3) is 0 Å². The first-order valence-corrected chi connectivity index (χ1v) is 5.16. The molecular formula is C11H11F4NO. The zero-order valence-corrected chi connectivity index (χ0v) is 8.85. The number of nitrogens with one attached hydrogen (secondary N) is 1. The first-order chi connectivity index (χ1) is 7.95. The summed E-state index contributed by atoms with van der Waals surface area (Å²) in [6.07, 6.45) is -4.56. The SMILES string of the molecule is Fc1cc(OCC2CNC2)cc(C(F)(F)F)c1. The zero-order chi connectivity index (χ0) is 12.5. The van der Waals surface area contributed by atoms with Gasteiger partial charge >= 0.3 is 6.18 Å². The zero-order valence-electron chi connectivity index (χ0n) is 8.85. The van der Waals surface area contributed by atoms with Crippen LogP contribution in [0.2, 0.25) is 0 Å². The van der Waals surface area contributed by atoms with Gasteiger partial charge in [0.1, 0.15) is 11.6 Å². The third-order valence-electron chi connectivity index (χ3n) is 2.55. The predicted octanol–water partition coefficient (Wildman–Crippen LogP) is 2.44. The van der Waals surface area contributed by atoms with Crippen LogP contribution in [0.3, 0.4) is 0 Å². The lowest BCUT2D eigenvalue weighted by atomic mass is 10.1. The summed E-state index contributed by atoms with van der Waals surface area (Å²) in [5.41, 5.74) is -1.03. The fraction of sp³-hybridized carbons (Fsp3) is 0.455. The molecule has 0 atom stereocenters. The second-order valence-electron chi connectivity index (χ2n) is 4.01. The van der Waals surface area contributed by atoms with Crippen LogP contribution >= 0.6 is 0 Å². The van der Waals surface area contributed by atoms with Gasteiger partial charge in [0.15, 0.2) is 0 Å². The monoisotopic (exact) mass is 249 g/mol. The van der Waals surface area contributed by atoms with Gasteiger partial charge in [-0.15, -0.1) is 0 Å². The molecule has 0 aliphatic carbocycles. The van der Waals surface area contributed by atoms with Crippen molar-refractivity contribution in [3.63, 3.8) is 0 Å². The van der Waals surface area contributed by atoms with Crippen molar-refractivity contribution in [1.29, 1.82) is 0 Å². The van der Waals surface area contributed by atoms with Crippen molar-refractivity contribution in [3.8, 4) is 5.75 Å². The van der Waals surface area contributed by atoms with E-state index in [2.05, 4.69) is 5.32 Å². The summed E-state index contributed by atoms with van der Waals surface area (Å²) in [7, 11) is 0. The number of alkyl halides is 3. The highest BCUT2D eigenvalue weighted by Crippen LogP contribution is 2.32. The molecule has 94 valence electrons. The summed E-state index contributed by atoms with van der Waals surface area (Å²) < 4.78 is 55.3. The minimum absolute atomic E-state index is 0.0794. The Bertz CT molecular complexity index is 401. The first kappa shape index (κ1) is 12.2. The highest BCUT2D eigenvalue weighted by atomic mass is 19.4. The van der Waals surface area contributed by atoms with E-state index in [0.29, 0.717) is 12.7 Å². The highest BCUT2D eigenvalue weighted by molar-refractivity contribution is 5.31. The van der Waals surface area contributed by atoms with Crippen LogP contribution in [0, 0.1) is 11.7 Å². The third kappa shape index (κ3) is 3.09. The van der Waals surface area contributed by atoms with Crippen LogP contribution in [0.1, 0.15) is 5.56 Å². The van der Waals surface area contributed by atoms with Gasteiger partial charge in [0.2, 0.25) is 0 Å². The van der Waals surface area contributed by atoms with E-state index in [0.717, 1.165) is 25.2 Å². The lowest BCUT2D eigenvalue weighted by molar-refractivity contribution is -0.137. The molecule has 0 saturated carbocycles. The normalized spacial score (nSPS) is 16.7. The first-order valence-electron chi connectivity index (χ1n) is 5.16. The average molecular weight is 249 g/mol. The van der Waals surface area contributed by atoms with Crippen LogP contribution in [0.4, 0.5) is 17.6 Å². The molecule has 1 aliphatic heterocycles. The minimum atomic E-state index is -4.56. The molecule has 1 aliphatic rings. The summed E-state index contributed by atoms with van der Waals surface area (Å²) in [6.45, 7) is 1.86. The van der Waals surface area contributed by atoms with Crippen molar-refractivity contribution < 1.29 is 22.3 Å². The summed E-state index contributed by atoms with van der Waals surface area (Å²) in [5.74, 6) is -0.738. The Hall–Kier alpha value is -1.30. The average Bonchev–Trinajstić information content (AvgIpc) is 2.13. The standard InChI is InChI=1S/C11H11F4NO/c12-9-1-8(11(13,14)15)2-10(3-9)17-6-7-4-16-5-7/h1-3,7,16H,4-6H2. The number of rotatable bonds is 3. The Morgan fingerprint density at radius 2 is 1.94 bits per heavy atom. The Morgan fingerprint density at radius 1 is 1.24 bits per heavy atom. The van der Waals surface area contributed by atoms with Crippen molar-refractivity contribution in [2.75, 3.05) is 19.7 Å². The quantitative estimate of drug-likeness (QED) is 0.831. The predicted molar refractivity (Wildman–Crippen MR) is 53.3 cm³/mol. The molecule has 0 unspecified atom stereocenters. The molecule has 1 aromatic rings. The van der Waals surface area contributed by atoms with Gasteiger partial charge in [0.05, 0.1) is 12.2 Å². The molecule has 1 fully saturated rings. The molecule has 2 rings (SSSR count). The molecule has 1 saturated heterocycles. The summed E-state index contributed by atoms with van der Waals surface area (Å²) in [6, 6.07) is 2.23. The highest BCUT2D eigenvalue weighted by Gasteiger charge is 2.31. The van der Waals surface area contributed by atoms with Crippen LogP contribution < -0.4 is 10.1 Å². The van der Waals surface area contributed by atoms with Gasteiger partial charge in [-0.25, -0.2) is 4.39 Å².